The van der Waals surface area contributed by atoms with Gasteiger partial charge in [-0.2, -0.15) is 0 Å². The smallest absolute Gasteiger partial charge is 0.345 e. The standard InChI is InChI=1S/C18H21NO5S/c1-4-22-15-12-25-11-14(15)18(8-7-9-19-18)10-13(16(20)23-5-2)17(21)24-6-3/h7-12H,4-6H2,1-3H3. The van der Waals surface area contributed by atoms with Gasteiger partial charge in [-0.1, -0.05) is 0 Å². The molecule has 7 heteroatoms. The van der Waals surface area contributed by atoms with E-state index in [0.29, 0.717) is 12.4 Å². The molecule has 0 saturated heterocycles. The highest BCUT2D eigenvalue weighted by Gasteiger charge is 2.36. The normalized spacial score (nSPS) is 18.0. The Morgan fingerprint density at radius 1 is 1.12 bits per heavy atom. The summed E-state index contributed by atoms with van der Waals surface area (Å²) < 4.78 is 15.7. The van der Waals surface area contributed by atoms with Crippen LogP contribution in [0.3, 0.4) is 0 Å². The van der Waals surface area contributed by atoms with Crippen molar-refractivity contribution in [3.63, 3.8) is 0 Å². The van der Waals surface area contributed by atoms with E-state index in [1.165, 1.54) is 17.4 Å². The molecule has 0 amide bonds. The van der Waals surface area contributed by atoms with Crippen LogP contribution in [-0.4, -0.2) is 38.0 Å². The molecule has 25 heavy (non-hydrogen) atoms. The zero-order chi connectivity index (χ0) is 18.3. The number of carbonyl (C=O) groups excluding carboxylic acids is 2. The molecule has 2 rings (SSSR count). The van der Waals surface area contributed by atoms with Crippen molar-refractivity contribution in [1.29, 1.82) is 0 Å². The van der Waals surface area contributed by atoms with Crippen LogP contribution in [0.1, 0.15) is 26.3 Å². The Morgan fingerprint density at radius 2 is 1.80 bits per heavy atom. The summed E-state index contributed by atoms with van der Waals surface area (Å²) in [6.45, 7) is 6.06. The van der Waals surface area contributed by atoms with Crippen molar-refractivity contribution < 1.29 is 23.8 Å². The van der Waals surface area contributed by atoms with Gasteiger partial charge >= 0.3 is 11.9 Å². The summed E-state index contributed by atoms with van der Waals surface area (Å²) in [5, 5.41) is 3.76. The van der Waals surface area contributed by atoms with Crippen molar-refractivity contribution in [3.05, 3.63) is 40.1 Å². The Labute approximate surface area is 150 Å². The molecular weight excluding hydrogens is 342 g/mol. The molecule has 0 aliphatic carbocycles. The number of allylic oxidation sites excluding steroid dienone is 1. The van der Waals surface area contributed by atoms with E-state index in [1.54, 1.807) is 32.2 Å². The van der Waals surface area contributed by atoms with Crippen LogP contribution in [-0.2, 0) is 24.6 Å². The Bertz CT molecular complexity index is 685. The number of hydrogen-bond donors (Lipinski definition) is 0. The fraction of sp³-hybridized carbons (Fsp3) is 0.389. The fourth-order valence-electron chi connectivity index (χ4n) is 2.40. The molecular formula is C18H21NO5S. The molecule has 0 radical (unpaired) electrons. The van der Waals surface area contributed by atoms with E-state index in [1.807, 2.05) is 17.7 Å². The molecule has 1 unspecified atom stereocenters. The van der Waals surface area contributed by atoms with Gasteiger partial charge in [-0.15, -0.1) is 11.3 Å². The minimum absolute atomic E-state index is 0.157. The highest BCUT2D eigenvalue weighted by molar-refractivity contribution is 7.08. The van der Waals surface area contributed by atoms with Crippen LogP contribution in [0.5, 0.6) is 5.75 Å². The van der Waals surface area contributed by atoms with Crippen LogP contribution in [0.15, 0.2) is 39.6 Å². The molecule has 1 aromatic heterocycles. The summed E-state index contributed by atoms with van der Waals surface area (Å²) in [5.74, 6) is -0.799. The number of nitrogens with zero attached hydrogens (tertiary/aromatic N) is 1. The van der Waals surface area contributed by atoms with Gasteiger partial charge in [-0.25, -0.2) is 9.59 Å². The number of aliphatic imine (C=N–C) groups is 1. The van der Waals surface area contributed by atoms with E-state index < -0.39 is 17.5 Å². The second-order valence-corrected chi connectivity index (χ2v) is 5.79. The Morgan fingerprint density at radius 3 is 2.32 bits per heavy atom. The summed E-state index contributed by atoms with van der Waals surface area (Å²) in [6, 6.07) is 0. The topological polar surface area (TPSA) is 74.2 Å². The summed E-state index contributed by atoms with van der Waals surface area (Å²) >= 11 is 1.46. The van der Waals surface area contributed by atoms with E-state index in [2.05, 4.69) is 4.99 Å². The van der Waals surface area contributed by atoms with Crippen LogP contribution < -0.4 is 4.74 Å². The molecule has 2 heterocycles. The summed E-state index contributed by atoms with van der Waals surface area (Å²) in [7, 11) is 0. The zero-order valence-corrected chi connectivity index (χ0v) is 15.3. The molecule has 0 spiro atoms. The van der Waals surface area contributed by atoms with Crippen molar-refractivity contribution in [3.8, 4) is 5.75 Å². The van der Waals surface area contributed by atoms with Gasteiger partial charge in [0.1, 0.15) is 16.9 Å². The second kappa shape index (κ2) is 8.62. The number of rotatable bonds is 8. The Hall–Kier alpha value is -2.41. The Balaban J connectivity index is 2.53. The Kier molecular flexibility index (Phi) is 6.52. The lowest BCUT2D eigenvalue weighted by molar-refractivity contribution is -0.146. The van der Waals surface area contributed by atoms with E-state index in [4.69, 9.17) is 14.2 Å². The first-order valence-corrected chi connectivity index (χ1v) is 9.01. The quantitative estimate of drug-likeness (QED) is 0.307. The molecule has 0 bridgehead atoms. The van der Waals surface area contributed by atoms with Gasteiger partial charge in [-0.3, -0.25) is 4.99 Å². The minimum Gasteiger partial charge on any atom is -0.493 e. The van der Waals surface area contributed by atoms with Gasteiger partial charge in [0.25, 0.3) is 0 Å². The lowest BCUT2D eigenvalue weighted by Gasteiger charge is -2.22. The zero-order valence-electron chi connectivity index (χ0n) is 14.5. The van der Waals surface area contributed by atoms with Gasteiger partial charge in [0.15, 0.2) is 0 Å². The van der Waals surface area contributed by atoms with Crippen molar-refractivity contribution in [2.45, 2.75) is 26.3 Å². The van der Waals surface area contributed by atoms with Crippen LogP contribution >= 0.6 is 11.3 Å². The number of thiophene rings is 1. The lowest BCUT2D eigenvalue weighted by Crippen LogP contribution is -2.24. The van der Waals surface area contributed by atoms with E-state index in [9.17, 15) is 9.59 Å². The first-order valence-electron chi connectivity index (χ1n) is 8.07. The van der Waals surface area contributed by atoms with Crippen LogP contribution in [0.25, 0.3) is 0 Å². The first-order chi connectivity index (χ1) is 12.1. The van der Waals surface area contributed by atoms with Gasteiger partial charge in [-0.05, 0) is 39.0 Å². The predicted octanol–water partition coefficient (Wildman–Crippen LogP) is 3.04. The fourth-order valence-corrected chi connectivity index (χ4v) is 3.23. The maximum absolute atomic E-state index is 12.3. The highest BCUT2D eigenvalue weighted by Crippen LogP contribution is 2.41. The molecule has 1 aliphatic heterocycles. The molecule has 6 nitrogen and oxygen atoms in total. The SMILES string of the molecule is CCOC(=O)C(=CC1(c2cscc2OCC)C=CC=N1)C(=O)OCC. The summed E-state index contributed by atoms with van der Waals surface area (Å²) in [5.41, 5.74) is -0.421. The molecule has 134 valence electrons. The number of ether oxygens (including phenoxy) is 3. The van der Waals surface area contributed by atoms with Crippen LogP contribution in [0, 0.1) is 0 Å². The number of esters is 2. The van der Waals surface area contributed by atoms with Crippen molar-refractivity contribution in [2.24, 2.45) is 4.99 Å². The molecule has 1 aliphatic rings. The number of hydrogen-bond acceptors (Lipinski definition) is 7. The van der Waals surface area contributed by atoms with E-state index >= 15 is 0 Å². The maximum Gasteiger partial charge on any atom is 0.345 e. The van der Waals surface area contributed by atoms with Gasteiger partial charge in [0.2, 0.25) is 0 Å². The largest absolute Gasteiger partial charge is 0.493 e. The van der Waals surface area contributed by atoms with Gasteiger partial charge in [0, 0.05) is 22.5 Å². The molecule has 0 aromatic carbocycles. The van der Waals surface area contributed by atoms with Crippen molar-refractivity contribution >= 4 is 29.5 Å². The molecule has 1 aromatic rings. The van der Waals surface area contributed by atoms with Crippen LogP contribution in [0.2, 0.25) is 0 Å². The number of carbonyl (C=O) groups is 2. The summed E-state index contributed by atoms with van der Waals surface area (Å²) in [6.07, 6.45) is 6.67. The third-order valence-corrected chi connectivity index (χ3v) is 4.16. The predicted molar refractivity (Wildman–Crippen MR) is 96.1 cm³/mol. The average molecular weight is 363 g/mol. The summed E-state index contributed by atoms with van der Waals surface area (Å²) in [4.78, 5) is 29.0. The first kappa shape index (κ1) is 18.9. The second-order valence-electron chi connectivity index (χ2n) is 5.04. The monoisotopic (exact) mass is 363 g/mol. The maximum atomic E-state index is 12.3. The lowest BCUT2D eigenvalue weighted by atomic mass is 9.90. The minimum atomic E-state index is -1.00. The van der Waals surface area contributed by atoms with Crippen LogP contribution in [0.4, 0.5) is 0 Å². The average Bonchev–Trinajstić information content (AvgIpc) is 3.23. The van der Waals surface area contributed by atoms with Gasteiger partial charge in [0.05, 0.1) is 19.8 Å². The van der Waals surface area contributed by atoms with Crippen molar-refractivity contribution in [1.82, 2.24) is 0 Å². The molecule has 0 fully saturated rings. The highest BCUT2D eigenvalue weighted by atomic mass is 32.1. The van der Waals surface area contributed by atoms with E-state index in [0.717, 1.165) is 5.56 Å². The third-order valence-electron chi connectivity index (χ3n) is 3.44. The van der Waals surface area contributed by atoms with Crippen molar-refractivity contribution in [2.75, 3.05) is 19.8 Å². The molecule has 0 saturated carbocycles. The van der Waals surface area contributed by atoms with Gasteiger partial charge < -0.3 is 14.2 Å². The third kappa shape index (κ3) is 4.17. The molecule has 0 N–H and O–H groups in total. The van der Waals surface area contributed by atoms with E-state index in [-0.39, 0.29) is 18.8 Å². The molecule has 1 atom stereocenters.